The molecule has 4 aliphatic rings. The van der Waals surface area contributed by atoms with Gasteiger partial charge in [0.25, 0.3) is 0 Å². The lowest BCUT2D eigenvalue weighted by atomic mass is 9.75. The first kappa shape index (κ1) is 41.8. The van der Waals surface area contributed by atoms with Crippen LogP contribution in [0, 0.1) is 35.5 Å². The van der Waals surface area contributed by atoms with E-state index < -0.39 is 8.07 Å². The third kappa shape index (κ3) is 7.43. The Labute approximate surface area is 338 Å². The van der Waals surface area contributed by atoms with Gasteiger partial charge >= 0.3 is 0 Å². The summed E-state index contributed by atoms with van der Waals surface area (Å²) in [7, 11) is 1.88. The molecule has 8 atom stereocenters. The fourth-order valence-corrected chi connectivity index (χ4v) is 18.5. The molecular weight excluding hydrogens is 685 g/mol. The van der Waals surface area contributed by atoms with Gasteiger partial charge in [-0.05, 0) is 128 Å². The molecule has 2 aromatic rings. The van der Waals surface area contributed by atoms with Crippen LogP contribution in [0.2, 0.25) is 24.2 Å². The lowest BCUT2D eigenvalue weighted by Gasteiger charge is -2.46. The number of hydrogen-bond donors (Lipinski definition) is 0. The van der Waals surface area contributed by atoms with E-state index in [1.165, 1.54) is 46.2 Å². The van der Waals surface area contributed by atoms with Crippen molar-refractivity contribution in [2.45, 2.75) is 156 Å². The quantitative estimate of drug-likeness (QED) is 0.273. The summed E-state index contributed by atoms with van der Waals surface area (Å²) >= 11 is 0. The van der Waals surface area contributed by atoms with Crippen LogP contribution in [0.4, 0.5) is 0 Å². The Morgan fingerprint density at radius 3 is 1.05 bits per heavy atom. The van der Waals surface area contributed by atoms with Crippen molar-refractivity contribution in [1.82, 2.24) is 0 Å². The molecule has 4 aliphatic carbocycles. The Morgan fingerprint density at radius 2 is 0.800 bits per heavy atom. The van der Waals surface area contributed by atoms with E-state index in [9.17, 15) is 0 Å². The van der Waals surface area contributed by atoms with E-state index in [1.807, 2.05) is 14.2 Å². The van der Waals surface area contributed by atoms with Gasteiger partial charge in [0.15, 0.2) is 0 Å². The molecule has 6 rings (SSSR count). The Morgan fingerprint density at radius 1 is 0.509 bits per heavy atom. The van der Waals surface area contributed by atoms with Gasteiger partial charge in [0.2, 0.25) is 0 Å². The molecule has 2 saturated carbocycles. The molecule has 0 aliphatic heterocycles. The monoisotopic (exact) mass is 761 g/mol. The molecule has 0 amide bonds. The number of fused-ring (bicyclic) bond motifs is 2. The van der Waals surface area contributed by atoms with Crippen LogP contribution in [0.25, 0.3) is 11.1 Å². The predicted molar refractivity (Wildman–Crippen MR) is 242 cm³/mol. The minimum atomic E-state index is -1.83. The van der Waals surface area contributed by atoms with E-state index in [-0.39, 0.29) is 21.7 Å². The number of rotatable bonds is 6. The highest BCUT2D eigenvalue weighted by Gasteiger charge is 2.58. The summed E-state index contributed by atoms with van der Waals surface area (Å²) < 4.78 is 12.4. The maximum Gasteiger partial charge on any atom is 0.126 e. The molecule has 0 aromatic heterocycles. The van der Waals surface area contributed by atoms with Gasteiger partial charge in [0.05, 0.1) is 22.3 Å². The third-order valence-corrected chi connectivity index (χ3v) is 19.8. The summed E-state index contributed by atoms with van der Waals surface area (Å²) in [5.41, 5.74) is 12.6. The molecule has 0 radical (unpaired) electrons. The van der Waals surface area contributed by atoms with Crippen molar-refractivity contribution in [3.63, 3.8) is 0 Å². The average Bonchev–Trinajstić information content (AvgIpc) is 3.61. The first-order valence-electron chi connectivity index (χ1n) is 21.6. The first-order chi connectivity index (χ1) is 25.3. The Balaban J connectivity index is 1.36. The zero-order valence-electron chi connectivity index (χ0n) is 38.1. The predicted octanol–water partition coefficient (Wildman–Crippen LogP) is 14.5. The SMILES string of the molecule is COc1c(C(C)(C)C)cc(C2=CC=CC3C2CC(C)C3[Si](C)(C)C2C(C)CC3C(c4cc(C(C)(C)C)c(OC)c(C(C)(C)C)c4)=CC=CC32)cc1C(C)(C)C. The molecule has 2 fully saturated rings. The molecule has 2 nitrogen and oxygen atoms in total. The van der Waals surface area contributed by atoms with Crippen LogP contribution in [-0.4, -0.2) is 22.3 Å². The highest BCUT2D eigenvalue weighted by Crippen LogP contribution is 2.65. The fraction of sp³-hybridized carbons (Fsp3) is 0.615. The first-order valence-corrected chi connectivity index (χ1v) is 24.7. The molecule has 2 aromatic carbocycles. The maximum atomic E-state index is 6.19. The highest BCUT2D eigenvalue weighted by molar-refractivity contribution is 6.80. The molecule has 8 unspecified atom stereocenters. The summed E-state index contributed by atoms with van der Waals surface area (Å²) in [5.74, 6) is 5.83. The molecule has 3 heteroatoms. The minimum Gasteiger partial charge on any atom is -0.496 e. The van der Waals surface area contributed by atoms with Gasteiger partial charge < -0.3 is 9.47 Å². The van der Waals surface area contributed by atoms with E-state index in [2.05, 4.69) is 171 Å². The lowest BCUT2D eigenvalue weighted by molar-refractivity contribution is 0.381. The summed E-state index contributed by atoms with van der Waals surface area (Å²) in [6.07, 6.45) is 17.6. The summed E-state index contributed by atoms with van der Waals surface area (Å²) in [6.45, 7) is 38.8. The summed E-state index contributed by atoms with van der Waals surface area (Å²) in [6, 6.07) is 9.93. The van der Waals surface area contributed by atoms with Gasteiger partial charge in [-0.15, -0.1) is 0 Å². The second kappa shape index (κ2) is 14.2. The normalized spacial score (nSPS) is 28.5. The number of ether oxygens (including phenoxy) is 2. The van der Waals surface area contributed by atoms with Crippen molar-refractivity contribution in [1.29, 1.82) is 0 Å². The van der Waals surface area contributed by atoms with Crippen LogP contribution in [0.5, 0.6) is 11.5 Å². The molecule has 0 bridgehead atoms. The van der Waals surface area contributed by atoms with Crippen molar-refractivity contribution >= 4 is 19.2 Å². The van der Waals surface area contributed by atoms with Crippen molar-refractivity contribution in [2.75, 3.05) is 14.2 Å². The zero-order valence-corrected chi connectivity index (χ0v) is 39.1. The van der Waals surface area contributed by atoms with E-state index >= 15 is 0 Å². The largest absolute Gasteiger partial charge is 0.496 e. The second-order valence-electron chi connectivity index (χ2n) is 22.9. The Hall–Kier alpha value is -2.78. The van der Waals surface area contributed by atoms with Crippen molar-refractivity contribution in [2.24, 2.45) is 35.5 Å². The number of allylic oxidation sites excluding steroid dienone is 8. The highest BCUT2D eigenvalue weighted by atomic mass is 28.3. The lowest BCUT2D eigenvalue weighted by Crippen LogP contribution is -2.45. The van der Waals surface area contributed by atoms with Gasteiger partial charge in [-0.3, -0.25) is 0 Å². The standard InChI is InChI=1S/C52H76O2Si/c1-31-25-39-35(33-27-41(49(3,4)5)45(53-15)42(28-33)50(6,7)8)21-19-23-37(39)47(31)55(17,18)48-32(2)26-40-36(22-20-24-38(40)48)34-29-43(51(9,10)11)46(54-16)44(30-34)52(12,13)14/h19-24,27-32,37-40,47-48H,25-26H2,1-18H3. The van der Waals surface area contributed by atoms with Crippen LogP contribution in [-0.2, 0) is 21.7 Å². The molecule has 0 N–H and O–H groups in total. The van der Waals surface area contributed by atoms with Crippen molar-refractivity contribution in [3.05, 3.63) is 94.1 Å². The minimum absolute atomic E-state index is 0.0172. The number of benzene rings is 2. The van der Waals surface area contributed by atoms with Gasteiger partial charge in [0.1, 0.15) is 11.5 Å². The van der Waals surface area contributed by atoms with E-state index in [4.69, 9.17) is 9.47 Å². The topological polar surface area (TPSA) is 18.5 Å². The summed E-state index contributed by atoms with van der Waals surface area (Å²) in [5, 5.41) is 0. The van der Waals surface area contributed by atoms with Crippen LogP contribution in [0.15, 0.2) is 60.7 Å². The van der Waals surface area contributed by atoms with E-state index in [0.29, 0.717) is 35.5 Å². The smallest absolute Gasteiger partial charge is 0.126 e. The molecule has 0 heterocycles. The van der Waals surface area contributed by atoms with E-state index in [1.54, 1.807) is 11.1 Å². The van der Waals surface area contributed by atoms with Gasteiger partial charge in [-0.25, -0.2) is 0 Å². The molecule has 0 spiro atoms. The zero-order chi connectivity index (χ0) is 40.8. The van der Waals surface area contributed by atoms with E-state index in [0.717, 1.165) is 22.6 Å². The number of hydrogen-bond acceptors (Lipinski definition) is 2. The van der Waals surface area contributed by atoms with Crippen LogP contribution in [0.3, 0.4) is 0 Å². The van der Waals surface area contributed by atoms with Crippen molar-refractivity contribution in [3.8, 4) is 11.5 Å². The Kier molecular flexibility index (Phi) is 10.8. The van der Waals surface area contributed by atoms with Crippen molar-refractivity contribution < 1.29 is 9.47 Å². The average molecular weight is 761 g/mol. The van der Waals surface area contributed by atoms with Crippen LogP contribution in [0.1, 0.15) is 143 Å². The van der Waals surface area contributed by atoms with Gasteiger partial charge in [0, 0.05) is 22.3 Å². The molecular formula is C52H76O2Si. The molecule has 55 heavy (non-hydrogen) atoms. The third-order valence-electron chi connectivity index (χ3n) is 14.5. The Bertz CT molecular complexity index is 1700. The second-order valence-corrected chi connectivity index (χ2v) is 27.9. The summed E-state index contributed by atoms with van der Waals surface area (Å²) in [4.78, 5) is 0. The van der Waals surface area contributed by atoms with Crippen LogP contribution >= 0.6 is 0 Å². The fourth-order valence-electron chi connectivity index (χ4n) is 12.2. The van der Waals surface area contributed by atoms with Gasteiger partial charge in [-0.2, -0.15) is 0 Å². The number of methoxy groups -OCH3 is 2. The van der Waals surface area contributed by atoms with Gasteiger partial charge in [-0.1, -0.05) is 146 Å². The van der Waals surface area contributed by atoms with Crippen LogP contribution < -0.4 is 9.47 Å². The molecule has 0 saturated heterocycles. The maximum absolute atomic E-state index is 6.19. The molecule has 300 valence electrons.